The van der Waals surface area contributed by atoms with Crippen LogP contribution in [0.5, 0.6) is 0 Å². The topological polar surface area (TPSA) is 61.4 Å². The molecule has 1 aliphatic carbocycles. The van der Waals surface area contributed by atoms with E-state index in [1.54, 1.807) is 0 Å². The Morgan fingerprint density at radius 3 is 2.48 bits per heavy atom. The quantitative estimate of drug-likeness (QED) is 0.878. The third-order valence-corrected chi connectivity index (χ3v) is 4.73. The third-order valence-electron chi connectivity index (χ3n) is 4.73. The van der Waals surface area contributed by atoms with Gasteiger partial charge in [0.15, 0.2) is 0 Å². The van der Waals surface area contributed by atoms with E-state index in [0.717, 1.165) is 37.2 Å². The summed E-state index contributed by atoms with van der Waals surface area (Å²) in [4.78, 5) is 25.8. The van der Waals surface area contributed by atoms with Gasteiger partial charge in [-0.05, 0) is 50.5 Å². The van der Waals surface area contributed by atoms with Crippen LogP contribution in [0.2, 0.25) is 0 Å². The maximum Gasteiger partial charge on any atom is 0.242 e. The van der Waals surface area contributed by atoms with E-state index in [1.807, 2.05) is 36.1 Å². The fourth-order valence-corrected chi connectivity index (χ4v) is 3.37. The molecule has 2 aliphatic rings. The fourth-order valence-electron chi connectivity index (χ4n) is 3.37. The molecule has 1 atom stereocenters. The third kappa shape index (κ3) is 3.84. The number of amides is 2. The molecular formula is C18H25N3O2. The van der Waals surface area contributed by atoms with E-state index in [4.69, 9.17) is 0 Å². The summed E-state index contributed by atoms with van der Waals surface area (Å²) in [5.41, 5.74) is 1.83. The van der Waals surface area contributed by atoms with E-state index in [9.17, 15) is 9.59 Å². The number of nitrogens with one attached hydrogen (secondary N) is 2. The first kappa shape index (κ1) is 15.8. The number of anilines is 2. The summed E-state index contributed by atoms with van der Waals surface area (Å²) in [5.74, 6) is 0.241. The van der Waals surface area contributed by atoms with Crippen LogP contribution in [0.25, 0.3) is 0 Å². The molecule has 0 bridgehead atoms. The minimum Gasteiger partial charge on any atom is -0.374 e. The second-order valence-electron chi connectivity index (χ2n) is 6.55. The first-order valence-corrected chi connectivity index (χ1v) is 8.61. The molecule has 5 heteroatoms. The highest BCUT2D eigenvalue weighted by Gasteiger charge is 2.22. The normalized spacial score (nSPS) is 19.9. The van der Waals surface area contributed by atoms with Crippen molar-refractivity contribution in [3.63, 3.8) is 0 Å². The van der Waals surface area contributed by atoms with Crippen LogP contribution in [0, 0.1) is 0 Å². The van der Waals surface area contributed by atoms with Crippen molar-refractivity contribution in [3.05, 3.63) is 24.3 Å². The molecule has 0 spiro atoms. The molecule has 23 heavy (non-hydrogen) atoms. The van der Waals surface area contributed by atoms with E-state index in [1.165, 1.54) is 12.8 Å². The van der Waals surface area contributed by atoms with Crippen molar-refractivity contribution in [2.75, 3.05) is 16.8 Å². The molecule has 2 fully saturated rings. The SMILES string of the molecule is C[C@H](Nc1ccc(N2CCCC2=O)cc1)C(=O)NC1CCCC1. The van der Waals surface area contributed by atoms with Crippen molar-refractivity contribution in [3.8, 4) is 0 Å². The second kappa shape index (κ2) is 7.02. The molecule has 1 aromatic rings. The lowest BCUT2D eigenvalue weighted by Gasteiger charge is -2.20. The molecule has 2 N–H and O–H groups in total. The fraction of sp³-hybridized carbons (Fsp3) is 0.556. The van der Waals surface area contributed by atoms with Crippen LogP contribution in [-0.4, -0.2) is 30.4 Å². The van der Waals surface area contributed by atoms with Crippen molar-refractivity contribution in [1.29, 1.82) is 0 Å². The second-order valence-corrected chi connectivity index (χ2v) is 6.55. The Hall–Kier alpha value is -2.04. The molecule has 0 aromatic heterocycles. The number of nitrogens with zero attached hydrogens (tertiary/aromatic N) is 1. The number of carbonyl (C=O) groups is 2. The van der Waals surface area contributed by atoms with Gasteiger partial charge in [-0.2, -0.15) is 0 Å². The van der Waals surface area contributed by atoms with Gasteiger partial charge in [-0.3, -0.25) is 9.59 Å². The number of hydrogen-bond donors (Lipinski definition) is 2. The molecule has 1 aromatic carbocycles. The highest BCUT2D eigenvalue weighted by atomic mass is 16.2. The lowest BCUT2D eigenvalue weighted by molar-refractivity contribution is -0.122. The van der Waals surface area contributed by atoms with Crippen molar-refractivity contribution < 1.29 is 9.59 Å². The van der Waals surface area contributed by atoms with Crippen LogP contribution in [0.3, 0.4) is 0 Å². The van der Waals surface area contributed by atoms with Crippen LogP contribution in [-0.2, 0) is 9.59 Å². The smallest absolute Gasteiger partial charge is 0.242 e. The highest BCUT2D eigenvalue weighted by Crippen LogP contribution is 2.23. The minimum absolute atomic E-state index is 0.0516. The summed E-state index contributed by atoms with van der Waals surface area (Å²) in [7, 11) is 0. The summed E-state index contributed by atoms with van der Waals surface area (Å²) < 4.78 is 0. The van der Waals surface area contributed by atoms with Gasteiger partial charge in [0, 0.05) is 30.4 Å². The maximum atomic E-state index is 12.2. The Morgan fingerprint density at radius 2 is 1.87 bits per heavy atom. The van der Waals surface area contributed by atoms with Crippen molar-refractivity contribution >= 4 is 23.2 Å². The van der Waals surface area contributed by atoms with Crippen LogP contribution < -0.4 is 15.5 Å². The molecule has 3 rings (SSSR count). The summed E-state index contributed by atoms with van der Waals surface area (Å²) in [6.07, 6.45) is 6.18. The molecule has 124 valence electrons. The molecule has 1 heterocycles. The minimum atomic E-state index is -0.269. The van der Waals surface area contributed by atoms with E-state index in [0.29, 0.717) is 12.5 Å². The Balaban J connectivity index is 1.54. The Bertz CT molecular complexity index is 564. The lowest BCUT2D eigenvalue weighted by atomic mass is 10.2. The lowest BCUT2D eigenvalue weighted by Crippen LogP contribution is -2.42. The Kier molecular flexibility index (Phi) is 4.84. The van der Waals surface area contributed by atoms with Gasteiger partial charge in [0.05, 0.1) is 0 Å². The predicted octanol–water partition coefficient (Wildman–Crippen LogP) is 2.67. The molecule has 1 aliphatic heterocycles. The molecule has 5 nitrogen and oxygen atoms in total. The van der Waals surface area contributed by atoms with Gasteiger partial charge in [-0.15, -0.1) is 0 Å². The number of benzene rings is 1. The van der Waals surface area contributed by atoms with E-state index in [2.05, 4.69) is 10.6 Å². The standard InChI is InChI=1S/C18H25N3O2/c1-13(18(23)20-14-5-2-3-6-14)19-15-8-10-16(11-9-15)21-12-4-7-17(21)22/h8-11,13-14,19H,2-7,12H2,1H3,(H,20,23)/t13-/m0/s1. The molecule has 2 amide bonds. The molecule has 1 saturated heterocycles. The first-order chi connectivity index (χ1) is 11.1. The Morgan fingerprint density at radius 1 is 1.17 bits per heavy atom. The van der Waals surface area contributed by atoms with Gasteiger partial charge in [-0.25, -0.2) is 0 Å². The van der Waals surface area contributed by atoms with Crippen LogP contribution in [0.15, 0.2) is 24.3 Å². The van der Waals surface area contributed by atoms with E-state index in [-0.39, 0.29) is 17.9 Å². The first-order valence-electron chi connectivity index (χ1n) is 8.61. The average molecular weight is 315 g/mol. The maximum absolute atomic E-state index is 12.2. The zero-order valence-corrected chi connectivity index (χ0v) is 13.7. The zero-order chi connectivity index (χ0) is 16.2. The summed E-state index contributed by atoms with van der Waals surface area (Å²) in [6.45, 7) is 2.67. The summed E-state index contributed by atoms with van der Waals surface area (Å²) in [6, 6.07) is 7.81. The predicted molar refractivity (Wildman–Crippen MR) is 91.5 cm³/mol. The van der Waals surface area contributed by atoms with Crippen molar-refractivity contribution in [1.82, 2.24) is 5.32 Å². The van der Waals surface area contributed by atoms with Gasteiger partial charge < -0.3 is 15.5 Å². The molecule has 0 unspecified atom stereocenters. The molecular weight excluding hydrogens is 290 g/mol. The van der Waals surface area contributed by atoms with Gasteiger partial charge in [-0.1, -0.05) is 12.8 Å². The van der Waals surface area contributed by atoms with Crippen molar-refractivity contribution in [2.24, 2.45) is 0 Å². The van der Waals surface area contributed by atoms with Crippen LogP contribution in [0.1, 0.15) is 45.4 Å². The van der Waals surface area contributed by atoms with Crippen LogP contribution >= 0.6 is 0 Å². The van der Waals surface area contributed by atoms with Crippen LogP contribution in [0.4, 0.5) is 11.4 Å². The van der Waals surface area contributed by atoms with E-state index < -0.39 is 0 Å². The summed E-state index contributed by atoms with van der Waals surface area (Å²) >= 11 is 0. The van der Waals surface area contributed by atoms with Gasteiger partial charge in [0.1, 0.15) is 6.04 Å². The molecule has 1 saturated carbocycles. The number of carbonyl (C=O) groups excluding carboxylic acids is 2. The zero-order valence-electron chi connectivity index (χ0n) is 13.7. The Labute approximate surface area is 137 Å². The largest absolute Gasteiger partial charge is 0.374 e. The van der Waals surface area contributed by atoms with Crippen molar-refractivity contribution in [2.45, 2.75) is 57.5 Å². The van der Waals surface area contributed by atoms with Gasteiger partial charge >= 0.3 is 0 Å². The van der Waals surface area contributed by atoms with Gasteiger partial charge in [0.25, 0.3) is 0 Å². The molecule has 0 radical (unpaired) electrons. The monoisotopic (exact) mass is 315 g/mol. The van der Waals surface area contributed by atoms with E-state index >= 15 is 0 Å². The number of rotatable bonds is 5. The number of hydrogen-bond acceptors (Lipinski definition) is 3. The average Bonchev–Trinajstić information content (AvgIpc) is 3.19. The highest BCUT2D eigenvalue weighted by molar-refractivity contribution is 5.95. The van der Waals surface area contributed by atoms with Gasteiger partial charge in [0.2, 0.25) is 11.8 Å². The summed E-state index contributed by atoms with van der Waals surface area (Å²) in [5, 5.41) is 6.34.